The first kappa shape index (κ1) is 16.3. The van der Waals surface area contributed by atoms with E-state index in [9.17, 15) is 0 Å². The molecule has 0 aromatic heterocycles. The van der Waals surface area contributed by atoms with Crippen LogP contribution in [0.25, 0.3) is 0 Å². The van der Waals surface area contributed by atoms with E-state index < -0.39 is 0 Å². The Balaban J connectivity index is -0.0000000720. The first-order chi connectivity index (χ1) is 3.83. The van der Waals surface area contributed by atoms with E-state index >= 15 is 0 Å². The van der Waals surface area contributed by atoms with Gasteiger partial charge in [0.25, 0.3) is 0 Å². The summed E-state index contributed by atoms with van der Waals surface area (Å²) in [6, 6.07) is 0. The molecule has 2 N–H and O–H groups in total. The minimum atomic E-state index is 0. The Labute approximate surface area is 72.2 Å². The first-order valence-electron chi connectivity index (χ1n) is 3.05. The maximum absolute atomic E-state index is 7.88. The zero-order valence-corrected chi connectivity index (χ0v) is 7.78. The molecule has 0 spiro atoms. The van der Waals surface area contributed by atoms with Gasteiger partial charge in [-0.05, 0) is 12.8 Å². The Kier molecular flexibility index (Phi) is 42.5. The zero-order valence-electron chi connectivity index (χ0n) is 6.22. The largest absolute Gasteiger partial charge is 0.396 e. The van der Waals surface area contributed by atoms with Crippen molar-refractivity contribution < 1.29 is 31.9 Å². The first-order valence-corrected chi connectivity index (χ1v) is 3.05. The van der Waals surface area contributed by atoms with Gasteiger partial charge in [0.2, 0.25) is 0 Å². The van der Waals surface area contributed by atoms with E-state index in [2.05, 4.69) is 0 Å². The van der Waals surface area contributed by atoms with Gasteiger partial charge in [-0.25, -0.2) is 0 Å². The van der Waals surface area contributed by atoms with Crippen molar-refractivity contribution in [2.75, 3.05) is 13.2 Å². The zero-order chi connectivity index (χ0) is 6.83. The average Bonchev–Trinajstić information content (AvgIpc) is 1.88. The van der Waals surface area contributed by atoms with Gasteiger partial charge in [0.15, 0.2) is 0 Å². The second-order valence-electron chi connectivity index (χ2n) is 1.45. The molecule has 0 unspecified atom stereocenters. The van der Waals surface area contributed by atoms with Crippen molar-refractivity contribution in [2.24, 2.45) is 0 Å². The van der Waals surface area contributed by atoms with E-state index in [0.717, 1.165) is 12.8 Å². The van der Waals surface area contributed by atoms with Gasteiger partial charge in [0.05, 0.1) is 0 Å². The van der Waals surface area contributed by atoms with Crippen molar-refractivity contribution >= 4 is 0 Å². The normalized spacial score (nSPS) is 6.67. The van der Waals surface area contributed by atoms with Crippen molar-refractivity contribution in [1.82, 2.24) is 0 Å². The van der Waals surface area contributed by atoms with Crippen LogP contribution in [0.1, 0.15) is 26.7 Å². The SMILES string of the molecule is CCCO.CCCO.[Ti]. The van der Waals surface area contributed by atoms with Gasteiger partial charge in [-0.1, -0.05) is 13.8 Å². The monoisotopic (exact) mass is 168 g/mol. The van der Waals surface area contributed by atoms with Crippen LogP contribution in [0.15, 0.2) is 0 Å². The molecule has 3 heteroatoms. The molecule has 0 fully saturated rings. The van der Waals surface area contributed by atoms with Crippen LogP contribution in [0.3, 0.4) is 0 Å². The fourth-order valence-corrected chi connectivity index (χ4v) is 0. The Hall–Kier alpha value is 0.634. The van der Waals surface area contributed by atoms with Crippen LogP contribution in [-0.2, 0) is 21.7 Å². The van der Waals surface area contributed by atoms with Crippen molar-refractivity contribution in [1.29, 1.82) is 0 Å². The summed E-state index contributed by atoms with van der Waals surface area (Å²) in [5.41, 5.74) is 0. The number of rotatable bonds is 2. The predicted octanol–water partition coefficient (Wildman–Crippen LogP) is 0.775. The molecule has 0 heterocycles. The molecular formula is C6H16O2Ti. The minimum absolute atomic E-state index is 0. The van der Waals surface area contributed by atoms with Gasteiger partial charge >= 0.3 is 0 Å². The molecule has 0 rings (SSSR count). The summed E-state index contributed by atoms with van der Waals surface area (Å²) < 4.78 is 0. The third-order valence-electron chi connectivity index (χ3n) is 0.447. The van der Waals surface area contributed by atoms with Crippen molar-refractivity contribution in [3.63, 3.8) is 0 Å². The molecule has 0 aliphatic heterocycles. The standard InChI is InChI=1S/2C3H8O.Ti/c2*1-2-3-4;/h2*4H,2-3H2,1H3;. The molecule has 0 aromatic carbocycles. The molecule has 0 atom stereocenters. The van der Waals surface area contributed by atoms with Crippen LogP contribution in [0, 0.1) is 0 Å². The summed E-state index contributed by atoms with van der Waals surface area (Å²) in [6.07, 6.45) is 1.75. The Morgan fingerprint density at radius 1 is 0.889 bits per heavy atom. The smallest absolute Gasteiger partial charge is 0.0428 e. The second-order valence-corrected chi connectivity index (χ2v) is 1.45. The number of aliphatic hydroxyl groups excluding tert-OH is 2. The van der Waals surface area contributed by atoms with Crippen LogP contribution >= 0.6 is 0 Å². The van der Waals surface area contributed by atoms with Gasteiger partial charge < -0.3 is 10.2 Å². The van der Waals surface area contributed by atoms with Crippen LogP contribution in [-0.4, -0.2) is 23.4 Å². The second kappa shape index (κ2) is 23.4. The van der Waals surface area contributed by atoms with Crippen LogP contribution < -0.4 is 0 Å². The van der Waals surface area contributed by atoms with Crippen molar-refractivity contribution in [3.8, 4) is 0 Å². The summed E-state index contributed by atoms with van der Waals surface area (Å²) in [4.78, 5) is 0. The number of hydrogen-bond acceptors (Lipinski definition) is 2. The molecular weight excluding hydrogens is 152 g/mol. The molecule has 0 aliphatic carbocycles. The molecule has 0 aromatic rings. The summed E-state index contributed by atoms with van der Waals surface area (Å²) in [5, 5.41) is 15.8. The van der Waals surface area contributed by atoms with Gasteiger partial charge in [0.1, 0.15) is 0 Å². The topological polar surface area (TPSA) is 40.5 Å². The van der Waals surface area contributed by atoms with Gasteiger partial charge in [0, 0.05) is 34.9 Å². The van der Waals surface area contributed by atoms with Crippen LogP contribution in [0.5, 0.6) is 0 Å². The minimum Gasteiger partial charge on any atom is -0.396 e. The summed E-state index contributed by atoms with van der Waals surface area (Å²) >= 11 is 0. The maximum Gasteiger partial charge on any atom is 0.0428 e. The van der Waals surface area contributed by atoms with E-state index in [1.54, 1.807) is 0 Å². The third kappa shape index (κ3) is 54.8. The Morgan fingerprint density at radius 2 is 1.00 bits per heavy atom. The molecule has 0 aliphatic rings. The van der Waals surface area contributed by atoms with Crippen LogP contribution in [0.4, 0.5) is 0 Å². The molecule has 2 nitrogen and oxygen atoms in total. The van der Waals surface area contributed by atoms with E-state index in [4.69, 9.17) is 10.2 Å². The molecule has 0 saturated heterocycles. The summed E-state index contributed by atoms with van der Waals surface area (Å²) in [6.45, 7) is 4.50. The molecule has 0 bridgehead atoms. The molecule has 0 amide bonds. The Bertz CT molecular complexity index is 19.0. The average molecular weight is 168 g/mol. The molecule has 0 saturated carbocycles. The predicted molar refractivity (Wildman–Crippen MR) is 34.8 cm³/mol. The van der Waals surface area contributed by atoms with Gasteiger partial charge in [-0.2, -0.15) is 0 Å². The molecule has 9 heavy (non-hydrogen) atoms. The van der Waals surface area contributed by atoms with Crippen molar-refractivity contribution in [2.45, 2.75) is 26.7 Å². The van der Waals surface area contributed by atoms with Gasteiger partial charge in [-0.3, -0.25) is 0 Å². The fourth-order valence-electron chi connectivity index (χ4n) is 0. The maximum atomic E-state index is 7.88. The Morgan fingerprint density at radius 3 is 1.00 bits per heavy atom. The van der Waals surface area contributed by atoms with E-state index in [-0.39, 0.29) is 21.7 Å². The van der Waals surface area contributed by atoms with Crippen molar-refractivity contribution in [3.05, 3.63) is 0 Å². The van der Waals surface area contributed by atoms with E-state index in [0.29, 0.717) is 13.2 Å². The van der Waals surface area contributed by atoms with Gasteiger partial charge in [-0.15, -0.1) is 0 Å². The van der Waals surface area contributed by atoms with E-state index in [1.165, 1.54) is 0 Å². The summed E-state index contributed by atoms with van der Waals surface area (Å²) in [5.74, 6) is 0. The summed E-state index contributed by atoms with van der Waals surface area (Å²) in [7, 11) is 0. The molecule has 56 valence electrons. The quantitative estimate of drug-likeness (QED) is 0.598. The van der Waals surface area contributed by atoms with Crippen LogP contribution in [0.2, 0.25) is 0 Å². The number of hydrogen-bond donors (Lipinski definition) is 2. The molecule has 0 radical (unpaired) electrons. The fraction of sp³-hybridized carbons (Fsp3) is 1.00. The van der Waals surface area contributed by atoms with E-state index in [1.807, 2.05) is 13.8 Å². The third-order valence-corrected chi connectivity index (χ3v) is 0.447. The number of aliphatic hydroxyl groups is 2.